The standard InChI is InChI=1S/C23H21ClN4O3/c24-16-3-1-4-17(13-16)25-21-12-11-19(27-28-21)14-7-9-15(10-8-14)22(29)26-20-6-2-5-18(20)23(30)31/h1,3-4,7-13,18,20H,2,5-6H2,(H,25,28)(H,26,29)(H,30,31)/t18-,20+/m0/s1. The van der Waals surface area contributed by atoms with Gasteiger partial charge in [-0.15, -0.1) is 10.2 Å². The molecular weight excluding hydrogens is 416 g/mol. The number of amides is 1. The van der Waals surface area contributed by atoms with E-state index in [2.05, 4.69) is 20.8 Å². The van der Waals surface area contributed by atoms with Crippen LogP contribution in [-0.4, -0.2) is 33.2 Å². The molecule has 1 aromatic heterocycles. The zero-order valence-electron chi connectivity index (χ0n) is 16.6. The van der Waals surface area contributed by atoms with E-state index in [9.17, 15) is 14.7 Å². The summed E-state index contributed by atoms with van der Waals surface area (Å²) < 4.78 is 0. The van der Waals surface area contributed by atoms with Crippen molar-refractivity contribution in [3.05, 3.63) is 71.2 Å². The molecule has 1 fully saturated rings. The summed E-state index contributed by atoms with van der Waals surface area (Å²) in [5.74, 6) is -1.05. The Morgan fingerprint density at radius 3 is 2.48 bits per heavy atom. The van der Waals surface area contributed by atoms with Gasteiger partial charge in [-0.05, 0) is 55.3 Å². The number of hydrogen-bond donors (Lipinski definition) is 3. The molecule has 0 bridgehead atoms. The van der Waals surface area contributed by atoms with Crippen LogP contribution in [0.5, 0.6) is 0 Å². The molecule has 7 nitrogen and oxygen atoms in total. The Kier molecular flexibility index (Phi) is 6.13. The first-order valence-corrected chi connectivity index (χ1v) is 10.4. The Morgan fingerprint density at radius 1 is 1.00 bits per heavy atom. The second-order valence-electron chi connectivity index (χ2n) is 7.47. The van der Waals surface area contributed by atoms with Crippen molar-refractivity contribution in [1.29, 1.82) is 0 Å². The van der Waals surface area contributed by atoms with E-state index in [1.165, 1.54) is 0 Å². The van der Waals surface area contributed by atoms with Gasteiger partial charge in [0.1, 0.15) is 0 Å². The van der Waals surface area contributed by atoms with Gasteiger partial charge in [0.05, 0.1) is 11.6 Å². The van der Waals surface area contributed by atoms with Gasteiger partial charge in [0.2, 0.25) is 0 Å². The number of carbonyl (C=O) groups excluding carboxylic acids is 1. The highest BCUT2D eigenvalue weighted by atomic mass is 35.5. The maximum Gasteiger partial charge on any atom is 0.308 e. The summed E-state index contributed by atoms with van der Waals surface area (Å²) in [4.78, 5) is 23.8. The predicted molar refractivity (Wildman–Crippen MR) is 118 cm³/mol. The molecule has 0 aliphatic heterocycles. The first-order chi connectivity index (χ1) is 15.0. The Labute approximate surface area is 184 Å². The summed E-state index contributed by atoms with van der Waals surface area (Å²) in [7, 11) is 0. The molecule has 3 aromatic rings. The first-order valence-electron chi connectivity index (χ1n) is 10.00. The van der Waals surface area contributed by atoms with E-state index in [-0.39, 0.29) is 11.9 Å². The average molecular weight is 437 g/mol. The molecule has 31 heavy (non-hydrogen) atoms. The molecule has 1 amide bonds. The lowest BCUT2D eigenvalue weighted by Crippen LogP contribution is -2.40. The summed E-state index contributed by atoms with van der Waals surface area (Å²) in [6, 6.07) is 17.7. The third-order valence-electron chi connectivity index (χ3n) is 5.35. The molecule has 1 heterocycles. The molecule has 158 valence electrons. The third-order valence-corrected chi connectivity index (χ3v) is 5.59. The van der Waals surface area contributed by atoms with Crippen molar-refractivity contribution in [3.63, 3.8) is 0 Å². The molecule has 8 heteroatoms. The number of halogens is 1. The molecule has 0 spiro atoms. The molecule has 4 rings (SSSR count). The van der Waals surface area contributed by atoms with Crippen LogP contribution in [0.15, 0.2) is 60.7 Å². The zero-order chi connectivity index (χ0) is 21.8. The quantitative estimate of drug-likeness (QED) is 0.524. The van der Waals surface area contributed by atoms with E-state index in [0.29, 0.717) is 34.9 Å². The minimum atomic E-state index is -0.856. The third kappa shape index (κ3) is 5.00. The van der Waals surface area contributed by atoms with Crippen molar-refractivity contribution >= 4 is 35.0 Å². The van der Waals surface area contributed by atoms with Gasteiger partial charge in [-0.25, -0.2) is 0 Å². The minimum Gasteiger partial charge on any atom is -0.481 e. The SMILES string of the molecule is O=C(N[C@@H]1CCC[C@@H]1C(=O)O)c1ccc(-c2ccc(Nc3cccc(Cl)c3)nn2)cc1. The Balaban J connectivity index is 1.40. The minimum absolute atomic E-state index is 0.267. The first kappa shape index (κ1) is 20.8. The van der Waals surface area contributed by atoms with Crippen LogP contribution in [-0.2, 0) is 4.79 Å². The fraction of sp³-hybridized carbons (Fsp3) is 0.217. The lowest BCUT2D eigenvalue weighted by Gasteiger charge is -2.17. The van der Waals surface area contributed by atoms with Crippen LogP contribution >= 0.6 is 11.6 Å². The number of nitrogens with zero attached hydrogens (tertiary/aromatic N) is 2. The van der Waals surface area contributed by atoms with Gasteiger partial charge in [-0.3, -0.25) is 9.59 Å². The van der Waals surface area contributed by atoms with Crippen molar-refractivity contribution in [2.24, 2.45) is 5.92 Å². The van der Waals surface area contributed by atoms with E-state index < -0.39 is 11.9 Å². The molecule has 3 N–H and O–H groups in total. The van der Waals surface area contributed by atoms with Gasteiger partial charge in [0.25, 0.3) is 5.91 Å². The number of carbonyl (C=O) groups is 2. The van der Waals surface area contributed by atoms with Crippen molar-refractivity contribution in [1.82, 2.24) is 15.5 Å². The number of aromatic nitrogens is 2. The molecule has 0 radical (unpaired) electrons. The van der Waals surface area contributed by atoms with Crippen LogP contribution in [0, 0.1) is 5.92 Å². The highest BCUT2D eigenvalue weighted by Gasteiger charge is 2.33. The predicted octanol–water partition coefficient (Wildman–Crippen LogP) is 4.52. The summed E-state index contributed by atoms with van der Waals surface area (Å²) in [6.07, 6.45) is 2.09. The normalized spacial score (nSPS) is 17.8. The average Bonchev–Trinajstić information content (AvgIpc) is 3.23. The van der Waals surface area contributed by atoms with Crippen molar-refractivity contribution in [2.45, 2.75) is 25.3 Å². The molecule has 1 saturated carbocycles. The van der Waals surface area contributed by atoms with Crippen LogP contribution in [0.3, 0.4) is 0 Å². The molecule has 2 atom stereocenters. The van der Waals surface area contributed by atoms with Gasteiger partial charge < -0.3 is 15.7 Å². The number of benzene rings is 2. The second-order valence-corrected chi connectivity index (χ2v) is 7.91. The number of carboxylic acid groups (broad SMARTS) is 1. The van der Waals surface area contributed by atoms with E-state index >= 15 is 0 Å². The number of carboxylic acids is 1. The number of rotatable bonds is 6. The monoisotopic (exact) mass is 436 g/mol. The fourth-order valence-corrected chi connectivity index (χ4v) is 3.93. The van der Waals surface area contributed by atoms with Crippen LogP contribution in [0.2, 0.25) is 5.02 Å². The summed E-state index contributed by atoms with van der Waals surface area (Å²) in [5, 5.41) is 24.3. The fourth-order valence-electron chi connectivity index (χ4n) is 3.74. The summed E-state index contributed by atoms with van der Waals surface area (Å²) >= 11 is 5.99. The lowest BCUT2D eigenvalue weighted by molar-refractivity contribution is -0.142. The number of aliphatic carboxylic acids is 1. The summed E-state index contributed by atoms with van der Waals surface area (Å²) in [5.41, 5.74) is 2.79. The molecule has 1 aliphatic rings. The maximum absolute atomic E-state index is 12.5. The molecule has 1 aliphatic carbocycles. The lowest BCUT2D eigenvalue weighted by atomic mass is 10.0. The van der Waals surface area contributed by atoms with E-state index in [4.69, 9.17) is 11.6 Å². The smallest absolute Gasteiger partial charge is 0.308 e. The Bertz CT molecular complexity index is 1090. The largest absolute Gasteiger partial charge is 0.481 e. The number of anilines is 2. The van der Waals surface area contributed by atoms with Crippen molar-refractivity contribution in [2.75, 3.05) is 5.32 Å². The highest BCUT2D eigenvalue weighted by Crippen LogP contribution is 2.26. The van der Waals surface area contributed by atoms with Crippen LogP contribution in [0.4, 0.5) is 11.5 Å². The number of hydrogen-bond acceptors (Lipinski definition) is 5. The highest BCUT2D eigenvalue weighted by molar-refractivity contribution is 6.30. The molecule has 0 unspecified atom stereocenters. The van der Waals surface area contributed by atoms with E-state index in [1.807, 2.05) is 24.3 Å². The Morgan fingerprint density at radius 2 is 1.81 bits per heavy atom. The molecule has 2 aromatic carbocycles. The van der Waals surface area contributed by atoms with Gasteiger partial charge in [0.15, 0.2) is 5.82 Å². The summed E-state index contributed by atoms with van der Waals surface area (Å²) in [6.45, 7) is 0. The van der Waals surface area contributed by atoms with E-state index in [0.717, 1.165) is 17.7 Å². The zero-order valence-corrected chi connectivity index (χ0v) is 17.3. The Hall–Kier alpha value is -3.45. The van der Waals surface area contributed by atoms with Crippen LogP contribution in [0.1, 0.15) is 29.6 Å². The maximum atomic E-state index is 12.5. The topological polar surface area (TPSA) is 104 Å². The van der Waals surface area contributed by atoms with Gasteiger partial charge >= 0.3 is 5.97 Å². The van der Waals surface area contributed by atoms with Crippen molar-refractivity contribution < 1.29 is 14.7 Å². The van der Waals surface area contributed by atoms with Gasteiger partial charge in [0, 0.05) is 27.9 Å². The molecular formula is C23H21ClN4O3. The van der Waals surface area contributed by atoms with Gasteiger partial charge in [-0.2, -0.15) is 0 Å². The van der Waals surface area contributed by atoms with E-state index in [1.54, 1.807) is 36.4 Å². The van der Waals surface area contributed by atoms with Crippen LogP contribution < -0.4 is 10.6 Å². The molecule has 0 saturated heterocycles. The van der Waals surface area contributed by atoms with Crippen LogP contribution in [0.25, 0.3) is 11.3 Å². The number of nitrogens with one attached hydrogen (secondary N) is 2. The van der Waals surface area contributed by atoms with Crippen molar-refractivity contribution in [3.8, 4) is 11.3 Å². The van der Waals surface area contributed by atoms with Gasteiger partial charge in [-0.1, -0.05) is 36.2 Å². The second kappa shape index (κ2) is 9.14.